The molecule has 0 bridgehead atoms. The Morgan fingerprint density at radius 2 is 2.13 bits per heavy atom. The Balaban J connectivity index is 1.34. The minimum Gasteiger partial charge on any atom is -0.493 e. The molecule has 1 fully saturated rings. The summed E-state index contributed by atoms with van der Waals surface area (Å²) in [5.41, 5.74) is 2.63. The first-order valence-corrected chi connectivity index (χ1v) is 8.60. The Morgan fingerprint density at radius 1 is 1.26 bits per heavy atom. The summed E-state index contributed by atoms with van der Waals surface area (Å²) in [4.78, 5) is 17.2. The molecule has 2 aliphatic heterocycles. The van der Waals surface area contributed by atoms with Gasteiger partial charge in [0.2, 0.25) is 0 Å². The Labute approximate surface area is 138 Å². The number of fused-ring (bicyclic) bond motifs is 1. The monoisotopic (exact) mass is 330 g/mol. The van der Waals surface area contributed by atoms with E-state index in [0.717, 1.165) is 63.0 Å². The fourth-order valence-corrected chi connectivity index (χ4v) is 3.61. The van der Waals surface area contributed by atoms with Gasteiger partial charge in [-0.2, -0.15) is 0 Å². The van der Waals surface area contributed by atoms with Gasteiger partial charge in [0.25, 0.3) is 5.91 Å². The maximum absolute atomic E-state index is 12.3. The lowest BCUT2D eigenvalue weighted by atomic mass is 10.1. The summed E-state index contributed by atoms with van der Waals surface area (Å²) >= 11 is 1.16. The third-order valence-electron chi connectivity index (χ3n) is 4.39. The first-order chi connectivity index (χ1) is 11.3. The first-order valence-electron chi connectivity index (χ1n) is 7.83. The van der Waals surface area contributed by atoms with E-state index in [2.05, 4.69) is 32.7 Å². The van der Waals surface area contributed by atoms with Crippen LogP contribution in [0.1, 0.15) is 20.8 Å². The summed E-state index contributed by atoms with van der Waals surface area (Å²) in [5, 5.41) is 3.74. The van der Waals surface area contributed by atoms with E-state index in [1.165, 1.54) is 11.1 Å². The molecule has 3 heterocycles. The number of hydrogen-bond donors (Lipinski definition) is 0. The van der Waals surface area contributed by atoms with Crippen LogP contribution < -0.4 is 4.74 Å². The van der Waals surface area contributed by atoms with E-state index in [9.17, 15) is 4.79 Å². The second-order valence-corrected chi connectivity index (χ2v) is 6.68. The fraction of sp³-hybridized carbons (Fsp3) is 0.438. The molecule has 0 radical (unpaired) electrons. The Hall–Kier alpha value is -1.99. The summed E-state index contributed by atoms with van der Waals surface area (Å²) in [6.07, 6.45) is 2.56. The van der Waals surface area contributed by atoms with Crippen molar-refractivity contribution in [2.45, 2.75) is 13.0 Å². The average Bonchev–Trinajstić information content (AvgIpc) is 3.26. The van der Waals surface area contributed by atoms with Gasteiger partial charge in [0.05, 0.1) is 12.8 Å². The van der Waals surface area contributed by atoms with Crippen LogP contribution in [0.15, 0.2) is 24.4 Å². The SMILES string of the molecule is O=C(c1cnns1)N1CCN(Cc2ccc3c(c2)CCO3)CC1. The summed E-state index contributed by atoms with van der Waals surface area (Å²) in [6, 6.07) is 6.47. The highest BCUT2D eigenvalue weighted by molar-refractivity contribution is 7.07. The van der Waals surface area contributed by atoms with Crippen LogP contribution in [-0.4, -0.2) is 58.1 Å². The van der Waals surface area contributed by atoms with Crippen molar-refractivity contribution in [1.82, 2.24) is 19.4 Å². The van der Waals surface area contributed by atoms with E-state index in [1.54, 1.807) is 6.20 Å². The highest BCUT2D eigenvalue weighted by Gasteiger charge is 2.23. The summed E-state index contributed by atoms with van der Waals surface area (Å²) in [6.45, 7) is 5.02. The maximum atomic E-state index is 12.3. The third-order valence-corrected chi connectivity index (χ3v) is 5.04. The zero-order valence-electron chi connectivity index (χ0n) is 12.8. The van der Waals surface area contributed by atoms with Crippen LogP contribution >= 0.6 is 11.5 Å². The molecule has 7 heteroatoms. The van der Waals surface area contributed by atoms with E-state index in [0.29, 0.717) is 4.88 Å². The molecular formula is C16H18N4O2S. The molecule has 1 aromatic carbocycles. The normalized spacial score (nSPS) is 17.8. The van der Waals surface area contributed by atoms with Crippen molar-refractivity contribution in [3.63, 3.8) is 0 Å². The standard InChI is InChI=1S/C16H18N4O2S/c21-16(15-10-17-18-23-15)20-6-4-19(5-7-20)11-12-1-2-14-13(9-12)3-8-22-14/h1-2,9-10H,3-8,11H2. The second kappa shape index (κ2) is 6.25. The lowest BCUT2D eigenvalue weighted by Crippen LogP contribution is -2.48. The maximum Gasteiger partial charge on any atom is 0.267 e. The van der Waals surface area contributed by atoms with Crippen molar-refractivity contribution in [2.75, 3.05) is 32.8 Å². The predicted octanol–water partition coefficient (Wildman–Crippen LogP) is 1.43. The number of hydrogen-bond acceptors (Lipinski definition) is 6. The van der Waals surface area contributed by atoms with Gasteiger partial charge in [0.1, 0.15) is 10.6 Å². The molecule has 0 aliphatic carbocycles. The molecule has 1 aromatic heterocycles. The van der Waals surface area contributed by atoms with Crippen LogP contribution in [0.4, 0.5) is 0 Å². The van der Waals surface area contributed by atoms with Crippen molar-refractivity contribution in [1.29, 1.82) is 0 Å². The molecule has 0 N–H and O–H groups in total. The molecule has 2 aliphatic rings. The molecule has 0 unspecified atom stereocenters. The summed E-state index contributed by atoms with van der Waals surface area (Å²) in [7, 11) is 0. The van der Waals surface area contributed by atoms with E-state index in [4.69, 9.17) is 4.74 Å². The molecule has 1 saturated heterocycles. The number of aromatic nitrogens is 2. The fourth-order valence-electron chi connectivity index (χ4n) is 3.12. The Bertz CT molecular complexity index is 696. The number of benzene rings is 1. The Kier molecular flexibility index (Phi) is 3.97. The summed E-state index contributed by atoms with van der Waals surface area (Å²) in [5.74, 6) is 1.08. The van der Waals surface area contributed by atoms with Crippen LogP contribution in [-0.2, 0) is 13.0 Å². The topological polar surface area (TPSA) is 58.6 Å². The third kappa shape index (κ3) is 3.07. The lowest BCUT2D eigenvalue weighted by molar-refractivity contribution is 0.0633. The predicted molar refractivity (Wildman–Crippen MR) is 86.7 cm³/mol. The number of piperazine rings is 1. The van der Waals surface area contributed by atoms with Crippen molar-refractivity contribution in [3.05, 3.63) is 40.4 Å². The molecule has 4 rings (SSSR count). The molecule has 0 atom stereocenters. The van der Waals surface area contributed by atoms with Crippen LogP contribution in [0.3, 0.4) is 0 Å². The van der Waals surface area contributed by atoms with Gasteiger partial charge in [0.15, 0.2) is 0 Å². The van der Waals surface area contributed by atoms with Crippen molar-refractivity contribution in [3.8, 4) is 5.75 Å². The lowest BCUT2D eigenvalue weighted by Gasteiger charge is -2.34. The zero-order chi connectivity index (χ0) is 15.6. The number of rotatable bonds is 3. The molecular weight excluding hydrogens is 312 g/mol. The second-order valence-electron chi connectivity index (χ2n) is 5.89. The molecule has 0 spiro atoms. The largest absolute Gasteiger partial charge is 0.493 e. The summed E-state index contributed by atoms with van der Waals surface area (Å²) < 4.78 is 9.31. The van der Waals surface area contributed by atoms with Crippen molar-refractivity contribution in [2.24, 2.45) is 0 Å². The van der Waals surface area contributed by atoms with Gasteiger partial charge < -0.3 is 9.64 Å². The Morgan fingerprint density at radius 3 is 2.91 bits per heavy atom. The quantitative estimate of drug-likeness (QED) is 0.852. The smallest absolute Gasteiger partial charge is 0.267 e. The van der Waals surface area contributed by atoms with Crippen LogP contribution in [0.25, 0.3) is 0 Å². The highest BCUT2D eigenvalue weighted by Crippen LogP contribution is 2.26. The van der Waals surface area contributed by atoms with E-state index < -0.39 is 0 Å². The van der Waals surface area contributed by atoms with E-state index in [1.807, 2.05) is 4.90 Å². The van der Waals surface area contributed by atoms with Crippen molar-refractivity contribution < 1.29 is 9.53 Å². The molecule has 1 amide bonds. The van der Waals surface area contributed by atoms with E-state index >= 15 is 0 Å². The van der Waals surface area contributed by atoms with Gasteiger partial charge in [-0.15, -0.1) is 5.10 Å². The van der Waals surface area contributed by atoms with Gasteiger partial charge in [0, 0.05) is 39.1 Å². The number of carbonyl (C=O) groups excluding carboxylic acids is 1. The van der Waals surface area contributed by atoms with Gasteiger partial charge in [-0.3, -0.25) is 9.69 Å². The molecule has 6 nitrogen and oxygen atoms in total. The van der Waals surface area contributed by atoms with Gasteiger partial charge in [-0.05, 0) is 28.7 Å². The van der Waals surface area contributed by atoms with Crippen LogP contribution in [0.2, 0.25) is 0 Å². The van der Waals surface area contributed by atoms with Crippen LogP contribution in [0.5, 0.6) is 5.75 Å². The van der Waals surface area contributed by atoms with Gasteiger partial charge in [-0.1, -0.05) is 16.6 Å². The van der Waals surface area contributed by atoms with Gasteiger partial charge >= 0.3 is 0 Å². The molecule has 23 heavy (non-hydrogen) atoms. The minimum atomic E-state index is 0.0503. The number of carbonyl (C=O) groups is 1. The van der Waals surface area contributed by atoms with E-state index in [-0.39, 0.29) is 5.91 Å². The van der Waals surface area contributed by atoms with Crippen molar-refractivity contribution >= 4 is 17.4 Å². The zero-order valence-corrected chi connectivity index (χ0v) is 13.6. The van der Waals surface area contributed by atoms with Crippen LogP contribution in [0, 0.1) is 0 Å². The minimum absolute atomic E-state index is 0.0503. The highest BCUT2D eigenvalue weighted by atomic mass is 32.1. The number of nitrogens with zero attached hydrogens (tertiary/aromatic N) is 4. The average molecular weight is 330 g/mol. The molecule has 0 saturated carbocycles. The van der Waals surface area contributed by atoms with Gasteiger partial charge in [-0.25, -0.2) is 0 Å². The number of amides is 1. The first kappa shape index (κ1) is 14.6. The molecule has 120 valence electrons. The number of ether oxygens (including phenoxy) is 1. The molecule has 2 aromatic rings.